The van der Waals surface area contributed by atoms with Gasteiger partial charge in [-0.1, -0.05) is 29.5 Å². The van der Waals surface area contributed by atoms with E-state index >= 15 is 0 Å². The number of aromatic nitrogens is 3. The zero-order chi connectivity index (χ0) is 17.4. The Bertz CT molecular complexity index is 950. The molecule has 1 aliphatic rings. The molecule has 1 atom stereocenters. The van der Waals surface area contributed by atoms with Gasteiger partial charge in [0, 0.05) is 12.6 Å². The fourth-order valence-corrected chi connectivity index (χ4v) is 3.59. The van der Waals surface area contributed by atoms with E-state index in [1.54, 1.807) is 16.8 Å². The Hall–Kier alpha value is -2.73. The van der Waals surface area contributed by atoms with E-state index in [0.29, 0.717) is 17.5 Å². The number of nitrogens with zero attached hydrogens (tertiary/aromatic N) is 3. The van der Waals surface area contributed by atoms with E-state index in [4.69, 9.17) is 0 Å². The maximum atomic E-state index is 12.5. The first-order valence-electron chi connectivity index (χ1n) is 8.45. The van der Waals surface area contributed by atoms with Gasteiger partial charge < -0.3 is 10.4 Å². The quantitative estimate of drug-likeness (QED) is 0.766. The molecule has 2 N–H and O–H groups in total. The van der Waals surface area contributed by atoms with Crippen LogP contribution in [0.3, 0.4) is 0 Å². The van der Waals surface area contributed by atoms with Crippen LogP contribution >= 0.6 is 0 Å². The van der Waals surface area contributed by atoms with E-state index < -0.39 is 5.60 Å². The van der Waals surface area contributed by atoms with Crippen molar-refractivity contribution in [1.29, 1.82) is 0 Å². The van der Waals surface area contributed by atoms with E-state index in [1.165, 1.54) is 0 Å². The molecule has 128 valence electrons. The molecule has 1 aromatic heterocycles. The summed E-state index contributed by atoms with van der Waals surface area (Å²) in [6, 6.07) is 13.2. The van der Waals surface area contributed by atoms with E-state index in [9.17, 15) is 9.90 Å². The minimum atomic E-state index is -1.01. The van der Waals surface area contributed by atoms with Gasteiger partial charge in [-0.25, -0.2) is 4.68 Å². The first-order chi connectivity index (χ1) is 12.1. The second-order valence-electron chi connectivity index (χ2n) is 6.64. The van der Waals surface area contributed by atoms with Crippen molar-refractivity contribution in [2.45, 2.75) is 24.9 Å². The van der Waals surface area contributed by atoms with Crippen LogP contribution < -0.4 is 5.32 Å². The number of hydrogen-bond donors (Lipinski definition) is 2. The zero-order valence-corrected chi connectivity index (χ0v) is 14.1. The van der Waals surface area contributed by atoms with Crippen LogP contribution in [0.25, 0.3) is 11.0 Å². The summed E-state index contributed by atoms with van der Waals surface area (Å²) >= 11 is 0. The number of hydrogen-bond acceptors (Lipinski definition) is 4. The number of carbonyl (C=O) groups excluding carboxylic acids is 1. The highest BCUT2D eigenvalue weighted by atomic mass is 16.3. The lowest BCUT2D eigenvalue weighted by molar-refractivity contribution is 0.0189. The maximum Gasteiger partial charge on any atom is 0.251 e. The number of carbonyl (C=O) groups is 1. The molecule has 4 rings (SSSR count). The van der Waals surface area contributed by atoms with E-state index in [1.807, 2.05) is 37.4 Å². The average Bonchev–Trinajstić information content (AvgIpc) is 3.01. The highest BCUT2D eigenvalue weighted by Gasteiger charge is 2.34. The van der Waals surface area contributed by atoms with E-state index in [-0.39, 0.29) is 12.5 Å². The second-order valence-corrected chi connectivity index (χ2v) is 6.64. The zero-order valence-electron chi connectivity index (χ0n) is 14.1. The van der Waals surface area contributed by atoms with Gasteiger partial charge in [-0.3, -0.25) is 4.79 Å². The molecule has 25 heavy (non-hydrogen) atoms. The van der Waals surface area contributed by atoms with Gasteiger partial charge in [-0.2, -0.15) is 0 Å². The second kappa shape index (κ2) is 5.97. The largest absolute Gasteiger partial charge is 0.383 e. The Morgan fingerprint density at radius 1 is 1.32 bits per heavy atom. The molecule has 0 radical (unpaired) electrons. The minimum Gasteiger partial charge on any atom is -0.383 e. The van der Waals surface area contributed by atoms with Crippen molar-refractivity contribution in [2.24, 2.45) is 7.05 Å². The van der Waals surface area contributed by atoms with Crippen LogP contribution in [0.2, 0.25) is 0 Å². The van der Waals surface area contributed by atoms with Crippen molar-refractivity contribution in [3.63, 3.8) is 0 Å². The van der Waals surface area contributed by atoms with Crippen LogP contribution in [0, 0.1) is 0 Å². The SMILES string of the molecule is Cn1nnc2cc(C(=O)NC[C@@]3(O)CCCc4ccccc43)ccc21. The topological polar surface area (TPSA) is 80.0 Å². The van der Waals surface area contributed by atoms with Crippen molar-refractivity contribution in [3.05, 3.63) is 59.2 Å². The van der Waals surface area contributed by atoms with Crippen molar-refractivity contribution >= 4 is 16.9 Å². The Morgan fingerprint density at radius 3 is 3.04 bits per heavy atom. The summed E-state index contributed by atoms with van der Waals surface area (Å²) in [5, 5.41) is 21.9. The lowest BCUT2D eigenvalue weighted by Gasteiger charge is -2.34. The molecule has 0 aliphatic heterocycles. The van der Waals surface area contributed by atoms with Gasteiger partial charge in [0.1, 0.15) is 11.1 Å². The molecular formula is C19H20N4O2. The predicted octanol–water partition coefficient (Wildman–Crippen LogP) is 1.92. The Balaban J connectivity index is 1.53. The molecule has 2 aromatic carbocycles. The first kappa shape index (κ1) is 15.8. The Morgan fingerprint density at radius 2 is 2.16 bits per heavy atom. The van der Waals surface area contributed by atoms with Gasteiger partial charge in [-0.15, -0.1) is 5.10 Å². The molecule has 6 nitrogen and oxygen atoms in total. The summed E-state index contributed by atoms with van der Waals surface area (Å²) in [6.07, 6.45) is 2.53. The van der Waals surface area contributed by atoms with Gasteiger partial charge >= 0.3 is 0 Å². The molecule has 1 heterocycles. The summed E-state index contributed by atoms with van der Waals surface area (Å²) in [7, 11) is 1.81. The van der Waals surface area contributed by atoms with Crippen molar-refractivity contribution < 1.29 is 9.90 Å². The first-order valence-corrected chi connectivity index (χ1v) is 8.45. The van der Waals surface area contributed by atoms with Crippen LogP contribution in [0.15, 0.2) is 42.5 Å². The molecule has 1 amide bonds. The average molecular weight is 336 g/mol. The molecule has 0 spiro atoms. The molecule has 0 saturated heterocycles. The molecule has 0 saturated carbocycles. The summed E-state index contributed by atoms with van der Waals surface area (Å²) in [5.74, 6) is -0.218. The van der Waals surface area contributed by atoms with Gasteiger partial charge in [-0.05, 0) is 48.6 Å². The molecule has 0 bridgehead atoms. The third-order valence-electron chi connectivity index (χ3n) is 4.97. The highest BCUT2D eigenvalue weighted by Crippen LogP contribution is 2.34. The predicted molar refractivity (Wildman–Crippen MR) is 94.1 cm³/mol. The standard InChI is InChI=1S/C19H20N4O2/c1-23-17-9-8-14(11-16(17)21-22-23)18(24)20-12-19(25)10-4-6-13-5-2-3-7-15(13)19/h2-3,5,7-9,11,25H,4,6,10,12H2,1H3,(H,20,24)/t19-/m0/s1. The van der Waals surface area contributed by atoms with Crippen LogP contribution in [0.1, 0.15) is 34.3 Å². The maximum absolute atomic E-state index is 12.5. The van der Waals surface area contributed by atoms with Crippen LogP contribution in [0.5, 0.6) is 0 Å². The van der Waals surface area contributed by atoms with E-state index in [0.717, 1.165) is 29.5 Å². The Labute approximate surface area is 145 Å². The van der Waals surface area contributed by atoms with Gasteiger partial charge in [0.15, 0.2) is 0 Å². The van der Waals surface area contributed by atoms with Crippen LogP contribution in [-0.4, -0.2) is 32.6 Å². The fraction of sp³-hybridized carbons (Fsp3) is 0.316. The lowest BCUT2D eigenvalue weighted by atomic mass is 9.79. The smallest absolute Gasteiger partial charge is 0.251 e. The lowest BCUT2D eigenvalue weighted by Crippen LogP contribution is -2.43. The van der Waals surface area contributed by atoms with E-state index in [2.05, 4.69) is 15.6 Å². The third kappa shape index (κ3) is 2.78. The van der Waals surface area contributed by atoms with Crippen molar-refractivity contribution in [2.75, 3.05) is 6.54 Å². The number of fused-ring (bicyclic) bond motifs is 2. The number of nitrogens with one attached hydrogen (secondary N) is 1. The summed E-state index contributed by atoms with van der Waals surface area (Å²) in [5.41, 5.74) is 3.13. The monoisotopic (exact) mass is 336 g/mol. The normalized spacial score (nSPS) is 19.6. The molecule has 0 fully saturated rings. The van der Waals surface area contributed by atoms with Crippen LogP contribution in [-0.2, 0) is 19.1 Å². The number of benzene rings is 2. The number of aliphatic hydroxyl groups is 1. The van der Waals surface area contributed by atoms with Crippen LogP contribution in [0.4, 0.5) is 0 Å². The summed E-state index contributed by atoms with van der Waals surface area (Å²) in [6.45, 7) is 0.196. The summed E-state index contributed by atoms with van der Waals surface area (Å²) < 4.78 is 1.67. The third-order valence-corrected chi connectivity index (χ3v) is 4.97. The molecule has 0 unspecified atom stereocenters. The summed E-state index contributed by atoms with van der Waals surface area (Å²) in [4.78, 5) is 12.5. The molecule has 1 aliphatic carbocycles. The van der Waals surface area contributed by atoms with Gasteiger partial charge in [0.25, 0.3) is 5.91 Å². The fourth-order valence-electron chi connectivity index (χ4n) is 3.59. The number of aryl methyl sites for hydroxylation is 2. The Kier molecular flexibility index (Phi) is 3.77. The molecule has 3 aromatic rings. The van der Waals surface area contributed by atoms with Gasteiger partial charge in [0.05, 0.1) is 12.1 Å². The highest BCUT2D eigenvalue weighted by molar-refractivity contribution is 5.97. The molecule has 6 heteroatoms. The van der Waals surface area contributed by atoms with Gasteiger partial charge in [0.2, 0.25) is 0 Å². The minimum absolute atomic E-state index is 0.196. The van der Waals surface area contributed by atoms with Crippen molar-refractivity contribution in [1.82, 2.24) is 20.3 Å². The van der Waals surface area contributed by atoms with Crippen molar-refractivity contribution in [3.8, 4) is 0 Å². The molecular weight excluding hydrogens is 316 g/mol. The number of rotatable bonds is 3. The number of amides is 1.